The van der Waals surface area contributed by atoms with E-state index in [0.717, 1.165) is 38.8 Å². The van der Waals surface area contributed by atoms with Gasteiger partial charge in [-0.1, -0.05) is 27.2 Å². The molecule has 0 radical (unpaired) electrons. The molecule has 0 aromatic heterocycles. The standard InChI is InChI=1S/C16H32N2O3/c1-5-8-14-16(19)18(15(17-14)13(2)3)9-6-7-10-21-12-11-20-4/h13-15,17H,5-12H2,1-4H3. The van der Waals surface area contributed by atoms with Crippen LogP contribution in [0.4, 0.5) is 0 Å². The first-order valence-corrected chi connectivity index (χ1v) is 8.25. The number of ether oxygens (including phenoxy) is 2. The molecule has 1 aliphatic rings. The molecule has 1 heterocycles. The summed E-state index contributed by atoms with van der Waals surface area (Å²) in [4.78, 5) is 14.5. The molecule has 2 atom stereocenters. The highest BCUT2D eigenvalue weighted by Crippen LogP contribution is 2.20. The maximum absolute atomic E-state index is 12.4. The van der Waals surface area contributed by atoms with Crippen LogP contribution in [0.5, 0.6) is 0 Å². The van der Waals surface area contributed by atoms with E-state index in [-0.39, 0.29) is 18.1 Å². The number of amides is 1. The minimum absolute atomic E-state index is 0.0142. The lowest BCUT2D eigenvalue weighted by Gasteiger charge is -2.27. The zero-order valence-electron chi connectivity index (χ0n) is 14.1. The maximum Gasteiger partial charge on any atom is 0.241 e. The molecule has 1 aliphatic heterocycles. The Kier molecular flexibility index (Phi) is 8.88. The molecule has 2 unspecified atom stereocenters. The summed E-state index contributed by atoms with van der Waals surface area (Å²) >= 11 is 0. The molecule has 0 aromatic carbocycles. The summed E-state index contributed by atoms with van der Waals surface area (Å²) < 4.78 is 10.4. The Morgan fingerprint density at radius 1 is 1.24 bits per heavy atom. The second-order valence-corrected chi connectivity index (χ2v) is 6.04. The molecule has 1 amide bonds. The van der Waals surface area contributed by atoms with E-state index in [1.165, 1.54) is 0 Å². The quantitative estimate of drug-likeness (QED) is 0.593. The lowest BCUT2D eigenvalue weighted by molar-refractivity contribution is -0.130. The molecule has 124 valence electrons. The Morgan fingerprint density at radius 2 is 2.00 bits per heavy atom. The summed E-state index contributed by atoms with van der Waals surface area (Å²) in [7, 11) is 1.67. The van der Waals surface area contributed by atoms with Crippen LogP contribution >= 0.6 is 0 Å². The van der Waals surface area contributed by atoms with Crippen molar-refractivity contribution in [1.29, 1.82) is 0 Å². The molecule has 0 saturated carbocycles. The number of nitrogens with one attached hydrogen (secondary N) is 1. The summed E-state index contributed by atoms with van der Waals surface area (Å²) in [6.45, 7) is 9.31. The van der Waals surface area contributed by atoms with Gasteiger partial charge in [0.25, 0.3) is 0 Å². The molecule has 1 N–H and O–H groups in total. The van der Waals surface area contributed by atoms with Gasteiger partial charge in [0, 0.05) is 20.3 Å². The first kappa shape index (κ1) is 18.4. The number of methoxy groups -OCH3 is 1. The van der Waals surface area contributed by atoms with E-state index in [1.54, 1.807) is 7.11 Å². The average Bonchev–Trinajstić information content (AvgIpc) is 2.76. The number of nitrogens with zero attached hydrogens (tertiary/aromatic N) is 1. The number of hydrogen-bond acceptors (Lipinski definition) is 4. The van der Waals surface area contributed by atoms with Gasteiger partial charge in [-0.2, -0.15) is 0 Å². The van der Waals surface area contributed by atoms with Crippen molar-refractivity contribution in [1.82, 2.24) is 10.2 Å². The van der Waals surface area contributed by atoms with E-state index in [2.05, 4.69) is 26.1 Å². The van der Waals surface area contributed by atoms with Crippen LogP contribution in [0.1, 0.15) is 46.5 Å². The molecule has 0 aromatic rings. The van der Waals surface area contributed by atoms with Crippen molar-refractivity contribution in [2.24, 2.45) is 5.92 Å². The molecule has 0 spiro atoms. The largest absolute Gasteiger partial charge is 0.382 e. The Morgan fingerprint density at radius 3 is 2.62 bits per heavy atom. The van der Waals surface area contributed by atoms with Gasteiger partial charge in [-0.25, -0.2) is 0 Å². The van der Waals surface area contributed by atoms with E-state index in [9.17, 15) is 4.79 Å². The van der Waals surface area contributed by atoms with Gasteiger partial charge in [0.1, 0.15) is 0 Å². The fraction of sp³-hybridized carbons (Fsp3) is 0.938. The molecule has 0 bridgehead atoms. The van der Waals surface area contributed by atoms with Crippen molar-refractivity contribution in [3.63, 3.8) is 0 Å². The predicted octanol–water partition coefficient (Wildman–Crippen LogP) is 2.01. The van der Waals surface area contributed by atoms with Crippen LogP contribution in [0.3, 0.4) is 0 Å². The summed E-state index contributed by atoms with van der Waals surface area (Å²) in [6.07, 6.45) is 4.12. The average molecular weight is 300 g/mol. The number of carbonyl (C=O) groups is 1. The lowest BCUT2D eigenvalue weighted by Crippen LogP contribution is -2.42. The summed E-state index contributed by atoms with van der Waals surface area (Å²) in [5.41, 5.74) is 0. The van der Waals surface area contributed by atoms with Gasteiger partial charge in [0.15, 0.2) is 0 Å². The molecule has 1 saturated heterocycles. The molecule has 1 fully saturated rings. The van der Waals surface area contributed by atoms with Crippen LogP contribution in [0.2, 0.25) is 0 Å². The monoisotopic (exact) mass is 300 g/mol. The third kappa shape index (κ3) is 5.93. The maximum atomic E-state index is 12.4. The fourth-order valence-electron chi connectivity index (χ4n) is 2.73. The number of rotatable bonds is 11. The van der Waals surface area contributed by atoms with Crippen LogP contribution < -0.4 is 5.32 Å². The smallest absolute Gasteiger partial charge is 0.241 e. The molecular formula is C16H32N2O3. The Balaban J connectivity index is 2.31. The van der Waals surface area contributed by atoms with Crippen LogP contribution in [0.25, 0.3) is 0 Å². The third-order valence-corrected chi connectivity index (χ3v) is 3.87. The van der Waals surface area contributed by atoms with Crippen molar-refractivity contribution < 1.29 is 14.3 Å². The minimum Gasteiger partial charge on any atom is -0.382 e. The van der Waals surface area contributed by atoms with Crippen molar-refractivity contribution in [2.45, 2.75) is 58.7 Å². The first-order chi connectivity index (χ1) is 10.1. The topological polar surface area (TPSA) is 50.8 Å². The van der Waals surface area contributed by atoms with Crippen LogP contribution in [-0.4, -0.2) is 56.5 Å². The Bertz CT molecular complexity index is 297. The number of carbonyl (C=O) groups excluding carboxylic acids is 1. The molecule has 0 aliphatic carbocycles. The van der Waals surface area contributed by atoms with Crippen molar-refractivity contribution in [3.05, 3.63) is 0 Å². The van der Waals surface area contributed by atoms with E-state index in [1.807, 2.05) is 4.90 Å². The van der Waals surface area contributed by atoms with Gasteiger partial charge in [-0.15, -0.1) is 0 Å². The van der Waals surface area contributed by atoms with E-state index in [4.69, 9.17) is 9.47 Å². The zero-order chi connectivity index (χ0) is 15.7. The highest BCUT2D eigenvalue weighted by Gasteiger charge is 2.38. The second kappa shape index (κ2) is 10.1. The van der Waals surface area contributed by atoms with Gasteiger partial charge in [-0.05, 0) is 25.2 Å². The number of unbranched alkanes of at least 4 members (excludes halogenated alkanes) is 1. The summed E-state index contributed by atoms with van der Waals surface area (Å²) in [5, 5.41) is 3.49. The summed E-state index contributed by atoms with van der Waals surface area (Å²) in [5.74, 6) is 0.713. The Labute approximate surface area is 129 Å². The van der Waals surface area contributed by atoms with Crippen LogP contribution in [-0.2, 0) is 14.3 Å². The van der Waals surface area contributed by atoms with E-state index >= 15 is 0 Å². The van der Waals surface area contributed by atoms with Crippen molar-refractivity contribution in [3.8, 4) is 0 Å². The van der Waals surface area contributed by atoms with Gasteiger partial charge < -0.3 is 14.4 Å². The van der Waals surface area contributed by atoms with Crippen LogP contribution in [0.15, 0.2) is 0 Å². The summed E-state index contributed by atoms with van der Waals surface area (Å²) in [6, 6.07) is 0.0142. The highest BCUT2D eigenvalue weighted by atomic mass is 16.5. The fourth-order valence-corrected chi connectivity index (χ4v) is 2.73. The lowest BCUT2D eigenvalue weighted by atomic mass is 10.1. The van der Waals surface area contributed by atoms with Gasteiger partial charge >= 0.3 is 0 Å². The second-order valence-electron chi connectivity index (χ2n) is 6.04. The number of hydrogen-bond donors (Lipinski definition) is 1. The Hall–Kier alpha value is -0.650. The van der Waals surface area contributed by atoms with E-state index < -0.39 is 0 Å². The minimum atomic E-state index is 0.0142. The zero-order valence-corrected chi connectivity index (χ0v) is 14.1. The SMILES string of the molecule is CCCC1NC(C(C)C)N(CCCCOCCOC)C1=O. The first-order valence-electron chi connectivity index (χ1n) is 8.25. The van der Waals surface area contributed by atoms with Gasteiger partial charge in [0.05, 0.1) is 25.4 Å². The predicted molar refractivity (Wildman–Crippen MR) is 84.1 cm³/mol. The van der Waals surface area contributed by atoms with E-state index in [0.29, 0.717) is 19.1 Å². The van der Waals surface area contributed by atoms with Gasteiger partial charge in [0.2, 0.25) is 5.91 Å². The van der Waals surface area contributed by atoms with Gasteiger partial charge in [-0.3, -0.25) is 10.1 Å². The molecule has 5 heteroatoms. The third-order valence-electron chi connectivity index (χ3n) is 3.87. The molecular weight excluding hydrogens is 268 g/mol. The normalized spacial score (nSPS) is 22.5. The van der Waals surface area contributed by atoms with Crippen molar-refractivity contribution >= 4 is 5.91 Å². The highest BCUT2D eigenvalue weighted by molar-refractivity contribution is 5.84. The molecule has 21 heavy (non-hydrogen) atoms. The van der Waals surface area contributed by atoms with Crippen molar-refractivity contribution in [2.75, 3.05) is 33.5 Å². The molecule has 5 nitrogen and oxygen atoms in total. The molecule has 1 rings (SSSR count). The van der Waals surface area contributed by atoms with Crippen LogP contribution in [0, 0.1) is 5.92 Å².